The van der Waals surface area contributed by atoms with Crippen molar-refractivity contribution in [3.63, 3.8) is 0 Å². The fraction of sp³-hybridized carbons (Fsp3) is 0.483. The monoisotopic (exact) mass is 511 g/mol. The van der Waals surface area contributed by atoms with Crippen LogP contribution >= 0.6 is 0 Å². The Labute approximate surface area is 220 Å². The fourth-order valence-electron chi connectivity index (χ4n) is 4.03. The van der Waals surface area contributed by atoms with Crippen LogP contribution in [-0.2, 0) is 20.7 Å². The molecule has 3 amide bonds. The Morgan fingerprint density at radius 1 is 1.00 bits per heavy atom. The predicted molar refractivity (Wildman–Crippen MR) is 144 cm³/mol. The minimum Gasteiger partial charge on any atom is -0.508 e. The molecule has 2 aromatic carbocycles. The highest BCUT2D eigenvalue weighted by molar-refractivity contribution is 5.92. The molecule has 0 heterocycles. The van der Waals surface area contributed by atoms with E-state index >= 15 is 0 Å². The van der Waals surface area contributed by atoms with Gasteiger partial charge in [0, 0.05) is 19.0 Å². The van der Waals surface area contributed by atoms with Crippen LogP contribution in [0.25, 0.3) is 0 Å². The van der Waals surface area contributed by atoms with Crippen molar-refractivity contribution in [2.45, 2.75) is 85.0 Å². The van der Waals surface area contributed by atoms with Crippen LogP contribution in [0, 0.1) is 6.92 Å². The first kappa shape index (κ1) is 29.7. The molecule has 0 fully saturated rings. The van der Waals surface area contributed by atoms with Crippen molar-refractivity contribution >= 4 is 17.9 Å². The third-order valence-corrected chi connectivity index (χ3v) is 5.59. The first-order valence-corrected chi connectivity index (χ1v) is 12.8. The molecule has 8 nitrogen and oxygen atoms in total. The minimum atomic E-state index is -0.996. The molecule has 0 spiro atoms. The number of rotatable bonds is 10. The summed E-state index contributed by atoms with van der Waals surface area (Å²) in [5.41, 5.74) is 1.60. The van der Waals surface area contributed by atoms with Crippen LogP contribution in [0.2, 0.25) is 0 Å². The Morgan fingerprint density at radius 3 is 2.16 bits per heavy atom. The van der Waals surface area contributed by atoms with Crippen molar-refractivity contribution in [3.8, 4) is 5.75 Å². The van der Waals surface area contributed by atoms with Gasteiger partial charge in [-0.25, -0.2) is 4.79 Å². The number of benzene rings is 2. The Morgan fingerprint density at radius 2 is 1.62 bits per heavy atom. The van der Waals surface area contributed by atoms with E-state index in [0.717, 1.165) is 16.7 Å². The van der Waals surface area contributed by atoms with Crippen molar-refractivity contribution in [1.29, 1.82) is 0 Å². The molecule has 2 unspecified atom stereocenters. The number of phenolic OH excluding ortho intramolecular Hbond substituents is 1. The number of hydrogen-bond donors (Lipinski definition) is 3. The summed E-state index contributed by atoms with van der Waals surface area (Å²) in [4.78, 5) is 42.0. The smallest absolute Gasteiger partial charge is 0.408 e. The Bertz CT molecular complexity index is 1060. The van der Waals surface area contributed by atoms with Gasteiger partial charge in [-0.15, -0.1) is 0 Å². The quantitative estimate of drug-likeness (QED) is 0.431. The van der Waals surface area contributed by atoms with Gasteiger partial charge in [0.2, 0.25) is 11.8 Å². The molecule has 8 heteroatoms. The largest absolute Gasteiger partial charge is 0.508 e. The number of alkyl carbamates (subject to hydrolysis) is 1. The van der Waals surface area contributed by atoms with Gasteiger partial charge in [-0.2, -0.15) is 0 Å². The van der Waals surface area contributed by atoms with Gasteiger partial charge < -0.3 is 25.4 Å². The van der Waals surface area contributed by atoms with E-state index in [1.165, 1.54) is 12.1 Å². The summed E-state index contributed by atoms with van der Waals surface area (Å²) >= 11 is 0. The summed E-state index contributed by atoms with van der Waals surface area (Å²) in [5, 5.41) is 15.4. The van der Waals surface area contributed by atoms with Gasteiger partial charge in [0.05, 0.1) is 0 Å². The predicted octanol–water partition coefficient (Wildman–Crippen LogP) is 4.64. The summed E-state index contributed by atoms with van der Waals surface area (Å²) in [5.74, 6) is -0.580. The van der Waals surface area contributed by atoms with Gasteiger partial charge in [-0.1, -0.05) is 43.3 Å². The number of carbonyl (C=O) groups excluding carboxylic acids is 3. The molecule has 0 radical (unpaired) electrons. The lowest BCUT2D eigenvalue weighted by Crippen LogP contribution is -2.54. The second-order valence-electron chi connectivity index (χ2n) is 10.5. The van der Waals surface area contributed by atoms with E-state index in [4.69, 9.17) is 4.74 Å². The summed E-state index contributed by atoms with van der Waals surface area (Å²) in [6.07, 6.45) is 0.0481. The van der Waals surface area contributed by atoms with Crippen LogP contribution in [0.15, 0.2) is 48.5 Å². The highest BCUT2D eigenvalue weighted by Crippen LogP contribution is 2.26. The first-order chi connectivity index (χ1) is 17.3. The maximum atomic E-state index is 14.1. The van der Waals surface area contributed by atoms with Crippen molar-refractivity contribution in [2.75, 3.05) is 6.54 Å². The minimum absolute atomic E-state index is 0.101. The number of phenols is 1. The number of hydrogen-bond acceptors (Lipinski definition) is 5. The highest BCUT2D eigenvalue weighted by atomic mass is 16.6. The molecule has 37 heavy (non-hydrogen) atoms. The maximum absolute atomic E-state index is 14.1. The normalized spacial score (nSPS) is 13.0. The maximum Gasteiger partial charge on any atom is 0.408 e. The third-order valence-electron chi connectivity index (χ3n) is 5.59. The molecule has 0 aliphatic rings. The van der Waals surface area contributed by atoms with E-state index < -0.39 is 29.7 Å². The Balaban J connectivity index is 2.53. The zero-order valence-corrected chi connectivity index (χ0v) is 23.0. The first-order valence-electron chi connectivity index (χ1n) is 12.8. The van der Waals surface area contributed by atoms with Crippen molar-refractivity contribution in [1.82, 2.24) is 15.5 Å². The highest BCUT2D eigenvalue weighted by Gasteiger charge is 2.36. The molecule has 2 rings (SSSR count). The zero-order valence-electron chi connectivity index (χ0n) is 23.0. The molecule has 0 saturated carbocycles. The number of ether oxygens (including phenoxy) is 1. The lowest BCUT2D eigenvalue weighted by atomic mass is 9.96. The lowest BCUT2D eigenvalue weighted by Gasteiger charge is -2.35. The Hall–Kier alpha value is -3.55. The van der Waals surface area contributed by atoms with E-state index in [2.05, 4.69) is 10.6 Å². The second kappa shape index (κ2) is 13.1. The van der Waals surface area contributed by atoms with Crippen LogP contribution in [0.1, 0.15) is 70.7 Å². The molecule has 202 valence electrons. The molecular weight excluding hydrogens is 470 g/mol. The van der Waals surface area contributed by atoms with Crippen LogP contribution in [0.5, 0.6) is 5.75 Å². The number of nitrogens with one attached hydrogen (secondary N) is 2. The van der Waals surface area contributed by atoms with Crippen LogP contribution in [0.4, 0.5) is 4.79 Å². The summed E-state index contributed by atoms with van der Waals surface area (Å²) < 4.78 is 5.44. The summed E-state index contributed by atoms with van der Waals surface area (Å²) in [6, 6.07) is 12.0. The van der Waals surface area contributed by atoms with Gasteiger partial charge in [0.15, 0.2) is 0 Å². The molecule has 2 atom stereocenters. The van der Waals surface area contributed by atoms with Crippen molar-refractivity contribution < 1.29 is 24.2 Å². The van der Waals surface area contributed by atoms with Crippen molar-refractivity contribution in [2.24, 2.45) is 0 Å². The molecule has 0 bridgehead atoms. The molecule has 0 aliphatic carbocycles. The Kier molecular flexibility index (Phi) is 10.5. The summed E-state index contributed by atoms with van der Waals surface area (Å²) in [7, 11) is 0. The van der Waals surface area contributed by atoms with E-state index in [9.17, 15) is 19.5 Å². The molecule has 0 saturated heterocycles. The van der Waals surface area contributed by atoms with Gasteiger partial charge in [-0.3, -0.25) is 9.59 Å². The lowest BCUT2D eigenvalue weighted by molar-refractivity contribution is -0.142. The van der Waals surface area contributed by atoms with E-state index in [-0.39, 0.29) is 24.1 Å². The van der Waals surface area contributed by atoms with Crippen LogP contribution in [0.3, 0.4) is 0 Å². The average Bonchev–Trinajstić information content (AvgIpc) is 2.78. The molecule has 3 N–H and O–H groups in total. The SMILES string of the molecule is CCCN(C(=O)C(Cc1ccc(O)cc1)NC(=O)OC(C)(C)C)C(C(=O)NC(C)C)c1ccccc1C. The van der Waals surface area contributed by atoms with Gasteiger partial charge in [-0.05, 0) is 76.8 Å². The third kappa shape index (κ3) is 9.12. The number of aromatic hydroxyl groups is 1. The molecule has 2 aromatic rings. The van der Waals surface area contributed by atoms with Crippen LogP contribution in [-0.4, -0.2) is 52.1 Å². The summed E-state index contributed by atoms with van der Waals surface area (Å²) in [6.45, 7) is 13.1. The fourth-order valence-corrected chi connectivity index (χ4v) is 4.03. The standard InChI is InChI=1S/C29H41N3O5/c1-8-17-32(25(26(34)30-19(2)3)23-12-10-9-11-20(23)4)27(35)24(31-28(36)37-29(5,6)7)18-21-13-15-22(33)16-14-21/h9-16,19,24-25,33H,8,17-18H2,1-7H3,(H,30,34)(H,31,36). The van der Waals surface area contributed by atoms with Gasteiger partial charge >= 0.3 is 6.09 Å². The zero-order chi connectivity index (χ0) is 27.8. The number of aryl methyl sites for hydroxylation is 1. The average molecular weight is 512 g/mol. The molecule has 0 aromatic heterocycles. The van der Waals surface area contributed by atoms with Crippen molar-refractivity contribution in [3.05, 3.63) is 65.2 Å². The van der Waals surface area contributed by atoms with Gasteiger partial charge in [0.1, 0.15) is 23.4 Å². The van der Waals surface area contributed by atoms with Crippen LogP contribution < -0.4 is 10.6 Å². The number of amides is 3. The molecular formula is C29H41N3O5. The second-order valence-corrected chi connectivity index (χ2v) is 10.5. The number of carbonyl (C=O) groups is 3. The number of nitrogens with zero attached hydrogens (tertiary/aromatic N) is 1. The van der Waals surface area contributed by atoms with Gasteiger partial charge in [0.25, 0.3) is 0 Å². The topological polar surface area (TPSA) is 108 Å². The van der Waals surface area contributed by atoms with E-state index in [1.807, 2.05) is 52.0 Å². The molecule has 0 aliphatic heterocycles. The van der Waals surface area contributed by atoms with E-state index in [1.54, 1.807) is 37.8 Å². The van der Waals surface area contributed by atoms with E-state index in [0.29, 0.717) is 13.0 Å².